The Morgan fingerprint density at radius 3 is 2.24 bits per heavy atom. The highest BCUT2D eigenvalue weighted by Gasteiger charge is 2.29. The molecule has 0 bridgehead atoms. The first-order valence-electron chi connectivity index (χ1n) is 11.2. The lowest BCUT2D eigenvalue weighted by Gasteiger charge is -2.17. The van der Waals surface area contributed by atoms with Crippen molar-refractivity contribution < 1.29 is 33.7 Å². The number of benzene rings is 2. The summed E-state index contributed by atoms with van der Waals surface area (Å²) in [6, 6.07) is 14.6. The zero-order chi connectivity index (χ0) is 24.3. The van der Waals surface area contributed by atoms with Crippen LogP contribution >= 0.6 is 0 Å². The number of ether oxygens (including phenoxy) is 3. The molecule has 2 aromatic carbocycles. The lowest BCUT2D eigenvalue weighted by molar-refractivity contribution is -0.139. The molecule has 0 radical (unpaired) electrons. The molecule has 0 saturated carbocycles. The van der Waals surface area contributed by atoms with Crippen LogP contribution in [0.15, 0.2) is 48.5 Å². The Kier molecular flexibility index (Phi) is 9.42. The van der Waals surface area contributed by atoms with Crippen LogP contribution in [0.2, 0.25) is 0 Å². The molecule has 0 heterocycles. The predicted octanol–water partition coefficient (Wildman–Crippen LogP) is 2.54. The van der Waals surface area contributed by atoms with E-state index >= 15 is 0 Å². The first kappa shape index (κ1) is 25.2. The molecule has 0 aliphatic heterocycles. The van der Waals surface area contributed by atoms with Gasteiger partial charge in [-0.05, 0) is 28.7 Å². The van der Waals surface area contributed by atoms with E-state index in [0.717, 1.165) is 22.3 Å². The van der Waals surface area contributed by atoms with Gasteiger partial charge < -0.3 is 30.0 Å². The van der Waals surface area contributed by atoms with Crippen LogP contribution in [0.25, 0.3) is 11.1 Å². The Hall–Kier alpha value is -3.43. The second kappa shape index (κ2) is 12.7. The maximum atomic E-state index is 12.4. The van der Waals surface area contributed by atoms with Crippen molar-refractivity contribution in [1.29, 1.82) is 0 Å². The van der Waals surface area contributed by atoms with Crippen LogP contribution in [0.3, 0.4) is 0 Å². The predicted molar refractivity (Wildman–Crippen MR) is 125 cm³/mol. The summed E-state index contributed by atoms with van der Waals surface area (Å²) in [5, 5.41) is 14.4. The van der Waals surface area contributed by atoms with E-state index in [0.29, 0.717) is 26.4 Å². The molecule has 9 heteroatoms. The molecule has 0 aromatic heterocycles. The number of carboxylic acids is 1. The zero-order valence-corrected chi connectivity index (χ0v) is 19.1. The number of amides is 2. The van der Waals surface area contributed by atoms with Crippen LogP contribution in [0, 0.1) is 0 Å². The third-order valence-corrected chi connectivity index (χ3v) is 5.59. The summed E-state index contributed by atoms with van der Waals surface area (Å²) in [4.78, 5) is 35.9. The summed E-state index contributed by atoms with van der Waals surface area (Å²) in [6.07, 6.45) is -0.949. The number of alkyl carbamates (subject to hydrolysis) is 1. The third-order valence-electron chi connectivity index (χ3n) is 5.59. The van der Waals surface area contributed by atoms with E-state index in [1.807, 2.05) is 48.5 Å². The van der Waals surface area contributed by atoms with Crippen molar-refractivity contribution in [3.63, 3.8) is 0 Å². The Morgan fingerprint density at radius 2 is 1.62 bits per heavy atom. The van der Waals surface area contributed by atoms with Gasteiger partial charge in [-0.25, -0.2) is 9.59 Å². The highest BCUT2D eigenvalue weighted by molar-refractivity contribution is 5.82. The molecule has 3 rings (SSSR count). The summed E-state index contributed by atoms with van der Waals surface area (Å²) < 4.78 is 15.5. The number of aliphatic carboxylic acids is 1. The standard InChI is InChI=1S/C25H30N2O7/c1-32-14-15-33-13-12-26-23(28)11-10-22(24(29)30)27-25(31)34-16-21-19-8-4-2-6-17(19)18-7-3-5-9-20(18)21/h2-9,21-22H,10-16H2,1H3,(H,26,28)(H,27,31)(H,29,30)/t22-/m0/s1. The fourth-order valence-electron chi connectivity index (χ4n) is 3.91. The average Bonchev–Trinajstić information content (AvgIpc) is 3.16. The molecule has 9 nitrogen and oxygen atoms in total. The van der Waals surface area contributed by atoms with Gasteiger partial charge in [-0.15, -0.1) is 0 Å². The summed E-state index contributed by atoms with van der Waals surface area (Å²) in [6.45, 7) is 1.61. The molecular formula is C25H30N2O7. The average molecular weight is 471 g/mol. The highest BCUT2D eigenvalue weighted by atomic mass is 16.5. The number of hydrogen-bond acceptors (Lipinski definition) is 6. The number of rotatable bonds is 13. The Bertz CT molecular complexity index is 949. The first-order chi connectivity index (χ1) is 16.5. The van der Waals surface area contributed by atoms with Crippen LogP contribution in [0.4, 0.5) is 4.79 Å². The minimum Gasteiger partial charge on any atom is -0.480 e. The summed E-state index contributed by atoms with van der Waals surface area (Å²) >= 11 is 0. The topological polar surface area (TPSA) is 123 Å². The number of methoxy groups -OCH3 is 1. The molecule has 1 aliphatic carbocycles. The van der Waals surface area contributed by atoms with Gasteiger partial charge in [-0.2, -0.15) is 0 Å². The normalized spacial score (nSPS) is 13.0. The second-order valence-corrected chi connectivity index (χ2v) is 7.85. The highest BCUT2D eigenvalue weighted by Crippen LogP contribution is 2.44. The largest absolute Gasteiger partial charge is 0.480 e. The van der Waals surface area contributed by atoms with Gasteiger partial charge >= 0.3 is 12.1 Å². The monoisotopic (exact) mass is 470 g/mol. The summed E-state index contributed by atoms with van der Waals surface area (Å²) in [5.41, 5.74) is 4.33. The van der Waals surface area contributed by atoms with E-state index in [1.54, 1.807) is 7.11 Å². The lowest BCUT2D eigenvalue weighted by atomic mass is 9.98. The molecule has 34 heavy (non-hydrogen) atoms. The van der Waals surface area contributed by atoms with E-state index in [1.165, 1.54) is 0 Å². The Labute approximate surface area is 198 Å². The van der Waals surface area contributed by atoms with Gasteiger partial charge in [-0.1, -0.05) is 48.5 Å². The van der Waals surface area contributed by atoms with Crippen LogP contribution in [-0.4, -0.2) is 69.2 Å². The molecule has 0 unspecified atom stereocenters. The molecule has 0 fully saturated rings. The molecule has 1 atom stereocenters. The zero-order valence-electron chi connectivity index (χ0n) is 19.1. The third kappa shape index (κ3) is 6.79. The van der Waals surface area contributed by atoms with E-state index in [2.05, 4.69) is 10.6 Å². The van der Waals surface area contributed by atoms with Gasteiger partial charge in [0.2, 0.25) is 5.91 Å². The number of hydrogen-bond donors (Lipinski definition) is 3. The van der Waals surface area contributed by atoms with Gasteiger partial charge in [0.1, 0.15) is 12.6 Å². The smallest absolute Gasteiger partial charge is 0.407 e. The minimum absolute atomic E-state index is 0.0569. The fourth-order valence-corrected chi connectivity index (χ4v) is 3.91. The van der Waals surface area contributed by atoms with E-state index in [4.69, 9.17) is 14.2 Å². The summed E-state index contributed by atoms with van der Waals surface area (Å²) in [7, 11) is 1.57. The summed E-state index contributed by atoms with van der Waals surface area (Å²) in [5.74, 6) is -1.68. The molecule has 0 saturated heterocycles. The van der Waals surface area contributed by atoms with Crippen molar-refractivity contribution in [3.05, 3.63) is 59.7 Å². The van der Waals surface area contributed by atoms with Gasteiger partial charge in [-0.3, -0.25) is 4.79 Å². The molecule has 182 valence electrons. The Balaban J connectivity index is 1.46. The van der Waals surface area contributed by atoms with Crippen molar-refractivity contribution >= 4 is 18.0 Å². The second-order valence-electron chi connectivity index (χ2n) is 7.85. The van der Waals surface area contributed by atoms with E-state index in [9.17, 15) is 19.5 Å². The fraction of sp³-hybridized carbons (Fsp3) is 0.400. The van der Waals surface area contributed by atoms with E-state index < -0.39 is 18.1 Å². The van der Waals surface area contributed by atoms with Crippen molar-refractivity contribution in [3.8, 4) is 11.1 Å². The van der Waals surface area contributed by atoms with Crippen LogP contribution < -0.4 is 10.6 Å². The maximum Gasteiger partial charge on any atom is 0.407 e. The van der Waals surface area contributed by atoms with Crippen molar-refractivity contribution in [2.24, 2.45) is 0 Å². The van der Waals surface area contributed by atoms with Gasteiger partial charge in [0.05, 0.1) is 19.8 Å². The number of nitrogens with one attached hydrogen (secondary N) is 2. The number of fused-ring (bicyclic) bond motifs is 3. The number of carboxylic acid groups (broad SMARTS) is 1. The SMILES string of the molecule is COCCOCCNC(=O)CC[C@H](NC(=O)OCC1c2ccccc2-c2ccccc21)C(=O)O. The van der Waals surface area contributed by atoms with Gasteiger partial charge in [0.15, 0.2) is 0 Å². The van der Waals surface area contributed by atoms with Crippen molar-refractivity contribution in [2.75, 3.05) is 40.1 Å². The van der Waals surface area contributed by atoms with E-state index in [-0.39, 0.29) is 31.3 Å². The molecule has 3 N–H and O–H groups in total. The van der Waals surface area contributed by atoms with Gasteiger partial charge in [0.25, 0.3) is 0 Å². The maximum absolute atomic E-state index is 12.4. The van der Waals surface area contributed by atoms with Crippen LogP contribution in [0.1, 0.15) is 29.9 Å². The molecule has 0 spiro atoms. The minimum atomic E-state index is -1.24. The van der Waals surface area contributed by atoms with Crippen LogP contribution in [0.5, 0.6) is 0 Å². The molecule has 2 amide bonds. The van der Waals surface area contributed by atoms with Gasteiger partial charge in [0, 0.05) is 26.0 Å². The number of carbonyl (C=O) groups is 3. The molecule has 2 aromatic rings. The van der Waals surface area contributed by atoms with Crippen molar-refractivity contribution in [1.82, 2.24) is 10.6 Å². The lowest BCUT2D eigenvalue weighted by Crippen LogP contribution is -2.42. The van der Waals surface area contributed by atoms with Crippen molar-refractivity contribution in [2.45, 2.75) is 24.8 Å². The van der Waals surface area contributed by atoms with Crippen LogP contribution in [-0.2, 0) is 23.8 Å². The quantitative estimate of drug-likeness (QED) is 0.385. The Morgan fingerprint density at radius 1 is 0.971 bits per heavy atom. The number of carbonyl (C=O) groups excluding carboxylic acids is 2. The molecule has 1 aliphatic rings. The molecular weight excluding hydrogens is 440 g/mol. The first-order valence-corrected chi connectivity index (χ1v) is 11.2.